The molecule has 0 spiro atoms. The summed E-state index contributed by atoms with van der Waals surface area (Å²) in [6, 6.07) is 4.35. The van der Waals surface area contributed by atoms with E-state index in [1.54, 1.807) is 19.9 Å². The summed E-state index contributed by atoms with van der Waals surface area (Å²) < 4.78 is 13.7. The predicted molar refractivity (Wildman–Crippen MR) is 67.3 cm³/mol. The molecule has 1 heterocycles. The Morgan fingerprint density at radius 2 is 2.05 bits per heavy atom. The van der Waals surface area contributed by atoms with Crippen LogP contribution >= 0.6 is 0 Å². The van der Waals surface area contributed by atoms with Crippen molar-refractivity contribution in [3.05, 3.63) is 35.1 Å². The highest BCUT2D eigenvalue weighted by atomic mass is 19.1. The van der Waals surface area contributed by atoms with E-state index in [4.69, 9.17) is 5.11 Å². The van der Waals surface area contributed by atoms with Crippen LogP contribution in [0.2, 0.25) is 0 Å². The Kier molecular flexibility index (Phi) is 3.55. The molecule has 5 heteroatoms. The molecule has 0 saturated carbocycles. The molecular weight excluding hydrogens is 249 g/mol. The fraction of sp³-hybridized carbons (Fsp3) is 0.429. The number of likely N-dealkylation sites (tertiary alicyclic amines) is 1. The van der Waals surface area contributed by atoms with Gasteiger partial charge in [0, 0.05) is 13.1 Å². The SMILES string of the molecule is Cc1ccc(F)c(C(=O)N2C[C@@H](C)[C@H](C(=O)O)C2)c1. The Balaban J connectivity index is 2.22. The lowest BCUT2D eigenvalue weighted by Gasteiger charge is -2.16. The van der Waals surface area contributed by atoms with E-state index in [0.717, 1.165) is 5.56 Å². The Bertz CT molecular complexity index is 529. The summed E-state index contributed by atoms with van der Waals surface area (Å²) in [5.74, 6) is -2.60. The second-order valence-corrected chi connectivity index (χ2v) is 5.12. The molecular formula is C14H16FNO3. The van der Waals surface area contributed by atoms with Crippen LogP contribution in [0.15, 0.2) is 18.2 Å². The Morgan fingerprint density at radius 1 is 1.37 bits per heavy atom. The van der Waals surface area contributed by atoms with E-state index in [1.165, 1.54) is 17.0 Å². The van der Waals surface area contributed by atoms with Crippen molar-refractivity contribution < 1.29 is 19.1 Å². The van der Waals surface area contributed by atoms with E-state index in [9.17, 15) is 14.0 Å². The van der Waals surface area contributed by atoms with Crippen molar-refractivity contribution in [3.8, 4) is 0 Å². The van der Waals surface area contributed by atoms with Gasteiger partial charge in [0.1, 0.15) is 5.82 Å². The number of hydrogen-bond donors (Lipinski definition) is 1. The molecule has 2 rings (SSSR count). The lowest BCUT2D eigenvalue weighted by molar-refractivity contribution is -0.142. The normalized spacial score (nSPS) is 22.6. The molecule has 0 unspecified atom stereocenters. The molecule has 0 radical (unpaired) electrons. The lowest BCUT2D eigenvalue weighted by atomic mass is 9.99. The lowest BCUT2D eigenvalue weighted by Crippen LogP contribution is -2.30. The van der Waals surface area contributed by atoms with Gasteiger partial charge in [-0.05, 0) is 25.0 Å². The number of carbonyl (C=O) groups is 2. The van der Waals surface area contributed by atoms with Gasteiger partial charge in [0.05, 0.1) is 11.5 Å². The van der Waals surface area contributed by atoms with Crippen LogP contribution in [0.5, 0.6) is 0 Å². The van der Waals surface area contributed by atoms with Gasteiger partial charge in [0.2, 0.25) is 0 Å². The molecule has 1 aliphatic heterocycles. The van der Waals surface area contributed by atoms with Gasteiger partial charge in [0.15, 0.2) is 0 Å². The van der Waals surface area contributed by atoms with E-state index < -0.39 is 23.6 Å². The first-order valence-electron chi connectivity index (χ1n) is 6.18. The molecule has 102 valence electrons. The zero-order valence-corrected chi connectivity index (χ0v) is 10.9. The first-order chi connectivity index (χ1) is 8.90. The van der Waals surface area contributed by atoms with Crippen molar-refractivity contribution in [1.82, 2.24) is 4.90 Å². The summed E-state index contributed by atoms with van der Waals surface area (Å²) in [5, 5.41) is 9.04. The van der Waals surface area contributed by atoms with Gasteiger partial charge in [-0.15, -0.1) is 0 Å². The average molecular weight is 265 g/mol. The van der Waals surface area contributed by atoms with Crippen molar-refractivity contribution in [2.75, 3.05) is 13.1 Å². The minimum Gasteiger partial charge on any atom is -0.481 e. The number of nitrogens with zero attached hydrogens (tertiary/aromatic N) is 1. The molecule has 1 aromatic carbocycles. The monoisotopic (exact) mass is 265 g/mol. The maximum Gasteiger partial charge on any atom is 0.308 e. The number of benzene rings is 1. The van der Waals surface area contributed by atoms with Gasteiger partial charge in [-0.3, -0.25) is 9.59 Å². The van der Waals surface area contributed by atoms with Gasteiger partial charge in [-0.1, -0.05) is 18.6 Å². The number of aliphatic carboxylic acids is 1. The third kappa shape index (κ3) is 2.59. The number of halogens is 1. The molecule has 1 fully saturated rings. The van der Waals surface area contributed by atoms with E-state index in [-0.39, 0.29) is 18.0 Å². The second kappa shape index (κ2) is 4.99. The Morgan fingerprint density at radius 3 is 2.63 bits per heavy atom. The number of amides is 1. The minimum atomic E-state index is -0.910. The van der Waals surface area contributed by atoms with Crippen molar-refractivity contribution in [3.63, 3.8) is 0 Å². The summed E-state index contributed by atoms with van der Waals surface area (Å²) in [5.41, 5.74) is 0.810. The minimum absolute atomic E-state index is 0.0123. The molecule has 2 atom stereocenters. The fourth-order valence-corrected chi connectivity index (χ4v) is 2.43. The van der Waals surface area contributed by atoms with E-state index in [2.05, 4.69) is 0 Å². The number of hydrogen-bond acceptors (Lipinski definition) is 2. The molecule has 0 aliphatic carbocycles. The fourth-order valence-electron chi connectivity index (χ4n) is 2.43. The number of aryl methyl sites for hydroxylation is 1. The molecule has 19 heavy (non-hydrogen) atoms. The molecule has 1 aromatic rings. The molecule has 1 aliphatic rings. The van der Waals surface area contributed by atoms with Crippen molar-refractivity contribution in [1.29, 1.82) is 0 Å². The van der Waals surface area contributed by atoms with Gasteiger partial charge < -0.3 is 10.0 Å². The molecule has 1 amide bonds. The molecule has 1 saturated heterocycles. The number of carbonyl (C=O) groups excluding carboxylic acids is 1. The van der Waals surface area contributed by atoms with Gasteiger partial charge in [0.25, 0.3) is 5.91 Å². The van der Waals surface area contributed by atoms with Gasteiger partial charge in [-0.25, -0.2) is 4.39 Å². The van der Waals surface area contributed by atoms with E-state index in [0.29, 0.717) is 6.54 Å². The maximum atomic E-state index is 13.7. The molecule has 4 nitrogen and oxygen atoms in total. The van der Waals surface area contributed by atoms with Crippen LogP contribution in [0.3, 0.4) is 0 Å². The van der Waals surface area contributed by atoms with Gasteiger partial charge >= 0.3 is 5.97 Å². The number of rotatable bonds is 2. The van der Waals surface area contributed by atoms with E-state index >= 15 is 0 Å². The summed E-state index contributed by atoms with van der Waals surface area (Å²) in [7, 11) is 0. The summed E-state index contributed by atoms with van der Waals surface area (Å²) in [4.78, 5) is 24.7. The van der Waals surface area contributed by atoms with E-state index in [1.807, 2.05) is 0 Å². The van der Waals surface area contributed by atoms with Crippen LogP contribution < -0.4 is 0 Å². The second-order valence-electron chi connectivity index (χ2n) is 5.12. The molecule has 1 N–H and O–H groups in total. The van der Waals surface area contributed by atoms with Crippen LogP contribution in [0.4, 0.5) is 4.39 Å². The van der Waals surface area contributed by atoms with Crippen molar-refractivity contribution >= 4 is 11.9 Å². The van der Waals surface area contributed by atoms with Crippen LogP contribution in [0.1, 0.15) is 22.8 Å². The number of carboxylic acids is 1. The van der Waals surface area contributed by atoms with Crippen LogP contribution in [-0.4, -0.2) is 35.0 Å². The third-order valence-corrected chi connectivity index (χ3v) is 3.57. The Labute approximate surface area is 110 Å². The smallest absolute Gasteiger partial charge is 0.308 e. The zero-order valence-electron chi connectivity index (χ0n) is 10.9. The highest BCUT2D eigenvalue weighted by molar-refractivity contribution is 5.95. The van der Waals surface area contributed by atoms with Crippen molar-refractivity contribution in [2.24, 2.45) is 11.8 Å². The number of carboxylic acid groups (broad SMARTS) is 1. The highest BCUT2D eigenvalue weighted by Gasteiger charge is 2.37. The first kappa shape index (κ1) is 13.5. The third-order valence-electron chi connectivity index (χ3n) is 3.57. The summed E-state index contributed by atoms with van der Waals surface area (Å²) in [6.07, 6.45) is 0. The quantitative estimate of drug-likeness (QED) is 0.888. The maximum absolute atomic E-state index is 13.7. The molecule has 0 bridgehead atoms. The summed E-state index contributed by atoms with van der Waals surface area (Å²) in [6.45, 7) is 4.06. The zero-order chi connectivity index (χ0) is 14.2. The molecule has 0 aromatic heterocycles. The first-order valence-corrected chi connectivity index (χ1v) is 6.18. The Hall–Kier alpha value is -1.91. The largest absolute Gasteiger partial charge is 0.481 e. The van der Waals surface area contributed by atoms with Crippen LogP contribution in [-0.2, 0) is 4.79 Å². The predicted octanol–water partition coefficient (Wildman–Crippen LogP) is 1.93. The van der Waals surface area contributed by atoms with Crippen molar-refractivity contribution in [2.45, 2.75) is 13.8 Å². The standard InChI is InChI=1S/C14H16FNO3/c1-8-3-4-12(15)10(5-8)13(17)16-6-9(2)11(7-16)14(18)19/h3-5,9,11H,6-7H2,1-2H3,(H,18,19)/t9-,11-/m1/s1. The topological polar surface area (TPSA) is 57.6 Å². The van der Waals surface area contributed by atoms with Gasteiger partial charge in [-0.2, -0.15) is 0 Å². The average Bonchev–Trinajstić information content (AvgIpc) is 2.74. The highest BCUT2D eigenvalue weighted by Crippen LogP contribution is 2.25. The van der Waals surface area contributed by atoms with Crippen LogP contribution in [0.25, 0.3) is 0 Å². The van der Waals surface area contributed by atoms with Crippen LogP contribution in [0, 0.1) is 24.6 Å². The summed E-state index contributed by atoms with van der Waals surface area (Å²) >= 11 is 0.